The number of hydrogen-bond donors (Lipinski definition) is 1. The van der Waals surface area contributed by atoms with Gasteiger partial charge in [-0.05, 0) is 12.3 Å². The molecule has 5 nitrogen and oxygen atoms in total. The molecule has 74 valence electrons. The van der Waals surface area contributed by atoms with Gasteiger partial charge in [-0.1, -0.05) is 0 Å². The fourth-order valence-corrected chi connectivity index (χ4v) is 1.36. The van der Waals surface area contributed by atoms with Crippen LogP contribution < -0.4 is 0 Å². The number of aliphatic carboxylic acids is 1. The summed E-state index contributed by atoms with van der Waals surface area (Å²) in [4.78, 5) is 22.6. The summed E-state index contributed by atoms with van der Waals surface area (Å²) in [5.74, 6) is -0.452. The van der Waals surface area contributed by atoms with Crippen LogP contribution in [0.25, 0.3) is 0 Å². The molecular weight excluding hydrogens is 174 g/mol. The van der Waals surface area contributed by atoms with E-state index in [0.717, 1.165) is 0 Å². The van der Waals surface area contributed by atoms with Crippen LogP contribution >= 0.6 is 0 Å². The Morgan fingerprint density at radius 3 is 2.62 bits per heavy atom. The van der Waals surface area contributed by atoms with Gasteiger partial charge in [0.2, 0.25) is 0 Å². The van der Waals surface area contributed by atoms with Gasteiger partial charge in [-0.25, -0.2) is 4.79 Å². The van der Waals surface area contributed by atoms with Gasteiger partial charge in [0, 0.05) is 19.5 Å². The molecule has 0 aliphatic carbocycles. The summed E-state index contributed by atoms with van der Waals surface area (Å²) >= 11 is 0. The molecule has 1 saturated heterocycles. The molecule has 0 unspecified atom stereocenters. The van der Waals surface area contributed by atoms with Crippen molar-refractivity contribution < 1.29 is 19.4 Å². The molecular formula is C8H13NO4. The Hall–Kier alpha value is -1.26. The van der Waals surface area contributed by atoms with Crippen molar-refractivity contribution in [2.75, 3.05) is 20.2 Å². The molecule has 1 N–H and O–H groups in total. The van der Waals surface area contributed by atoms with Crippen LogP contribution in [0, 0.1) is 5.92 Å². The number of likely N-dealkylation sites (tertiary alicyclic amines) is 1. The van der Waals surface area contributed by atoms with Crippen LogP contribution in [0.4, 0.5) is 4.79 Å². The molecule has 5 heteroatoms. The molecule has 1 aliphatic rings. The number of rotatable bonds is 3. The fourth-order valence-electron chi connectivity index (χ4n) is 1.36. The van der Waals surface area contributed by atoms with Crippen molar-refractivity contribution in [1.29, 1.82) is 0 Å². The zero-order chi connectivity index (χ0) is 9.84. The summed E-state index contributed by atoms with van der Waals surface area (Å²) in [5, 5.41) is 8.40. The SMILES string of the molecule is COC(=O)N1CC(CCC(=O)O)C1. The molecule has 0 atom stereocenters. The van der Waals surface area contributed by atoms with E-state index in [2.05, 4.69) is 4.74 Å². The molecule has 1 rings (SSSR count). The summed E-state index contributed by atoms with van der Waals surface area (Å²) in [7, 11) is 1.34. The lowest BCUT2D eigenvalue weighted by molar-refractivity contribution is -0.137. The van der Waals surface area contributed by atoms with E-state index in [1.165, 1.54) is 7.11 Å². The lowest BCUT2D eigenvalue weighted by atomic mass is 9.95. The summed E-state index contributed by atoms with van der Waals surface area (Å²) in [6.45, 7) is 1.25. The third kappa shape index (κ3) is 2.61. The number of nitrogens with zero attached hydrogens (tertiary/aromatic N) is 1. The minimum absolute atomic E-state index is 0.180. The molecule has 13 heavy (non-hydrogen) atoms. The third-order valence-electron chi connectivity index (χ3n) is 2.16. The topological polar surface area (TPSA) is 66.8 Å². The van der Waals surface area contributed by atoms with E-state index in [4.69, 9.17) is 5.11 Å². The highest BCUT2D eigenvalue weighted by Gasteiger charge is 2.30. The van der Waals surface area contributed by atoms with Crippen LogP contribution in [0.5, 0.6) is 0 Å². The quantitative estimate of drug-likeness (QED) is 0.700. The monoisotopic (exact) mass is 187 g/mol. The zero-order valence-electron chi connectivity index (χ0n) is 7.52. The number of carbonyl (C=O) groups is 2. The maximum Gasteiger partial charge on any atom is 0.409 e. The highest BCUT2D eigenvalue weighted by molar-refractivity contribution is 5.69. The van der Waals surface area contributed by atoms with Crippen LogP contribution in [0.2, 0.25) is 0 Å². The van der Waals surface area contributed by atoms with Crippen molar-refractivity contribution in [3.8, 4) is 0 Å². The Bertz CT molecular complexity index is 210. The van der Waals surface area contributed by atoms with Crippen molar-refractivity contribution in [2.45, 2.75) is 12.8 Å². The predicted molar refractivity (Wildman–Crippen MR) is 44.3 cm³/mol. The Morgan fingerprint density at radius 1 is 1.54 bits per heavy atom. The van der Waals surface area contributed by atoms with Crippen LogP contribution in [-0.4, -0.2) is 42.3 Å². The van der Waals surface area contributed by atoms with Crippen molar-refractivity contribution in [1.82, 2.24) is 4.90 Å². The van der Waals surface area contributed by atoms with Gasteiger partial charge < -0.3 is 14.7 Å². The van der Waals surface area contributed by atoms with Gasteiger partial charge in [0.15, 0.2) is 0 Å². The summed E-state index contributed by atoms with van der Waals surface area (Å²) in [6, 6.07) is 0. The smallest absolute Gasteiger partial charge is 0.409 e. The summed E-state index contributed by atoms with van der Waals surface area (Å²) in [6.07, 6.45) is 0.495. The summed E-state index contributed by atoms with van der Waals surface area (Å²) in [5.41, 5.74) is 0. The lowest BCUT2D eigenvalue weighted by Crippen LogP contribution is -2.49. The largest absolute Gasteiger partial charge is 0.481 e. The van der Waals surface area contributed by atoms with Gasteiger partial charge in [0.05, 0.1) is 7.11 Å². The molecule has 0 bridgehead atoms. The predicted octanol–water partition coefficient (Wildman–Crippen LogP) is 0.549. The molecule has 0 spiro atoms. The molecule has 0 aromatic heterocycles. The summed E-state index contributed by atoms with van der Waals surface area (Å²) < 4.78 is 4.50. The number of amides is 1. The number of methoxy groups -OCH3 is 1. The second-order valence-corrected chi connectivity index (χ2v) is 3.17. The average molecular weight is 187 g/mol. The van der Waals surface area contributed by atoms with E-state index in [9.17, 15) is 9.59 Å². The number of ether oxygens (including phenoxy) is 1. The normalized spacial score (nSPS) is 16.5. The van der Waals surface area contributed by atoms with Gasteiger partial charge >= 0.3 is 12.1 Å². The molecule has 0 aromatic carbocycles. The average Bonchev–Trinajstić information content (AvgIpc) is 2.00. The van der Waals surface area contributed by atoms with E-state index in [0.29, 0.717) is 25.4 Å². The van der Waals surface area contributed by atoms with Crippen LogP contribution in [0.1, 0.15) is 12.8 Å². The second kappa shape index (κ2) is 4.11. The van der Waals surface area contributed by atoms with Crippen molar-refractivity contribution in [3.63, 3.8) is 0 Å². The lowest BCUT2D eigenvalue weighted by Gasteiger charge is -2.37. The Morgan fingerprint density at radius 2 is 2.15 bits per heavy atom. The molecule has 1 fully saturated rings. The number of hydrogen-bond acceptors (Lipinski definition) is 3. The highest BCUT2D eigenvalue weighted by Crippen LogP contribution is 2.20. The molecule has 0 aromatic rings. The Balaban J connectivity index is 2.11. The molecule has 0 saturated carbocycles. The maximum absolute atomic E-state index is 10.9. The van der Waals surface area contributed by atoms with E-state index in [-0.39, 0.29) is 12.5 Å². The first kappa shape index (κ1) is 9.83. The molecule has 1 aliphatic heterocycles. The molecule has 0 radical (unpaired) electrons. The number of carboxylic acids is 1. The van der Waals surface area contributed by atoms with Crippen LogP contribution in [-0.2, 0) is 9.53 Å². The second-order valence-electron chi connectivity index (χ2n) is 3.17. The van der Waals surface area contributed by atoms with Gasteiger partial charge in [0.1, 0.15) is 0 Å². The highest BCUT2D eigenvalue weighted by atomic mass is 16.5. The first-order chi connectivity index (χ1) is 6.13. The van der Waals surface area contributed by atoms with Gasteiger partial charge in [-0.15, -0.1) is 0 Å². The Labute approximate surface area is 76.3 Å². The number of carbonyl (C=O) groups excluding carboxylic acids is 1. The van der Waals surface area contributed by atoms with Crippen molar-refractivity contribution >= 4 is 12.1 Å². The third-order valence-corrected chi connectivity index (χ3v) is 2.16. The van der Waals surface area contributed by atoms with Crippen LogP contribution in [0.15, 0.2) is 0 Å². The standard InChI is InChI=1S/C8H13NO4/c1-13-8(12)9-4-6(5-9)2-3-7(10)11/h6H,2-5H2,1H3,(H,10,11). The molecule has 1 amide bonds. The fraction of sp³-hybridized carbons (Fsp3) is 0.750. The van der Waals surface area contributed by atoms with Crippen molar-refractivity contribution in [2.24, 2.45) is 5.92 Å². The Kier molecular flexibility index (Phi) is 3.11. The zero-order valence-corrected chi connectivity index (χ0v) is 7.52. The van der Waals surface area contributed by atoms with Crippen LogP contribution in [0.3, 0.4) is 0 Å². The maximum atomic E-state index is 10.9. The van der Waals surface area contributed by atoms with Gasteiger partial charge in [-0.3, -0.25) is 4.79 Å². The first-order valence-electron chi connectivity index (χ1n) is 4.18. The van der Waals surface area contributed by atoms with E-state index >= 15 is 0 Å². The van der Waals surface area contributed by atoms with Crippen molar-refractivity contribution in [3.05, 3.63) is 0 Å². The number of carboxylic acid groups (broad SMARTS) is 1. The van der Waals surface area contributed by atoms with E-state index in [1.807, 2.05) is 0 Å². The van der Waals surface area contributed by atoms with Gasteiger partial charge in [0.25, 0.3) is 0 Å². The van der Waals surface area contributed by atoms with E-state index in [1.54, 1.807) is 4.90 Å². The first-order valence-corrected chi connectivity index (χ1v) is 4.18. The minimum atomic E-state index is -0.781. The van der Waals surface area contributed by atoms with Gasteiger partial charge in [-0.2, -0.15) is 0 Å². The minimum Gasteiger partial charge on any atom is -0.481 e. The van der Waals surface area contributed by atoms with E-state index < -0.39 is 5.97 Å². The molecule has 1 heterocycles.